The summed E-state index contributed by atoms with van der Waals surface area (Å²) in [6.45, 7) is 13.4. The number of likely N-dealkylation sites (N-methyl/N-ethyl adjacent to an activating group) is 1. The lowest BCUT2D eigenvalue weighted by atomic mass is 9.96. The van der Waals surface area contributed by atoms with Gasteiger partial charge >= 0.3 is 22.2 Å². The van der Waals surface area contributed by atoms with Gasteiger partial charge in [-0.2, -0.15) is 17.2 Å². The normalized spacial score (nSPS) is 14.1. The van der Waals surface area contributed by atoms with Gasteiger partial charge in [0.1, 0.15) is 11.9 Å². The molecule has 3 aliphatic rings. The smallest absolute Gasteiger partial charge is 0.407 e. The Balaban J connectivity index is 0.666. The quantitative estimate of drug-likeness (QED) is 0.0123. The standard InChI is InChI=1S/C62H89F4N7O19S2/c1-3-13-73(14-5-12-68-62(77)91-48-6-4-7-48)61(76)45-38-51-50(70-52(67)39-45)40-49(93-51)43-72-41-44-8-9-47(37-46(44)42-72)69-53(74)10-15-71(2)16-18-82-20-22-84-24-26-86-28-30-88-32-34-90-36-35-89-33-31-87-29-27-85-25-23-83-21-19-81-17-11-54(75)92-59-55(63)57(65)60(94(78,79)80)58(66)56(59)64/h8-9,37-38,40,48H,3-7,10-36,39,41-43H2,1-2H3,(H2,67,70)(H,68,77)(H,69,74)(H,78,79,80). The van der Waals surface area contributed by atoms with Gasteiger partial charge < -0.3 is 83.0 Å². The van der Waals surface area contributed by atoms with Crippen LogP contribution in [0.15, 0.2) is 39.7 Å². The number of rotatable bonds is 49. The van der Waals surface area contributed by atoms with Gasteiger partial charge in [0.2, 0.25) is 29.2 Å². The number of benzene rings is 2. The lowest BCUT2D eigenvalue weighted by Crippen LogP contribution is -2.37. The van der Waals surface area contributed by atoms with Crippen molar-refractivity contribution in [2.45, 2.75) is 88.9 Å². The maximum Gasteiger partial charge on any atom is 0.407 e. The van der Waals surface area contributed by atoms with E-state index >= 15 is 0 Å². The van der Waals surface area contributed by atoms with Crippen LogP contribution in [-0.4, -0.2) is 235 Å². The number of carbonyl (C=O) groups is 4. The maximum atomic E-state index is 14.0. The molecular formula is C62H89F4N7O19S2. The highest BCUT2D eigenvalue weighted by atomic mass is 32.2. The van der Waals surface area contributed by atoms with Crippen molar-refractivity contribution in [1.82, 2.24) is 20.0 Å². The number of halogens is 4. The Morgan fingerprint density at radius 3 is 1.74 bits per heavy atom. The number of thiophene rings is 1. The highest BCUT2D eigenvalue weighted by Gasteiger charge is 2.34. The number of hydrogen-bond donors (Lipinski definition) is 4. The molecule has 3 amide bonds. The number of nitrogens with two attached hydrogens (primary N) is 1. The van der Waals surface area contributed by atoms with E-state index in [1.807, 2.05) is 31.0 Å². The molecule has 3 heterocycles. The highest BCUT2D eigenvalue weighted by Crippen LogP contribution is 2.37. The van der Waals surface area contributed by atoms with Crippen LogP contribution in [0.5, 0.6) is 5.75 Å². The van der Waals surface area contributed by atoms with Crippen LogP contribution in [0.25, 0.3) is 6.08 Å². The molecule has 0 spiro atoms. The lowest BCUT2D eigenvalue weighted by molar-refractivity contribution is -0.136. The zero-order valence-corrected chi connectivity index (χ0v) is 55.0. The third kappa shape index (κ3) is 28.1. The van der Waals surface area contributed by atoms with Gasteiger partial charge in [-0.3, -0.25) is 23.8 Å². The second-order valence-electron chi connectivity index (χ2n) is 21.9. The summed E-state index contributed by atoms with van der Waals surface area (Å²) in [4.78, 5) is 61.5. The Bertz CT molecular complexity index is 3010. The Labute approximate surface area is 549 Å². The maximum absolute atomic E-state index is 14.0. The van der Waals surface area contributed by atoms with Crippen LogP contribution in [0.4, 0.5) is 33.7 Å². The number of amidine groups is 1. The number of amides is 3. The predicted molar refractivity (Wildman–Crippen MR) is 336 cm³/mol. The van der Waals surface area contributed by atoms with E-state index in [0.29, 0.717) is 163 Å². The largest absolute Gasteiger partial charge is 0.446 e. The molecule has 2 aromatic carbocycles. The van der Waals surface area contributed by atoms with Gasteiger partial charge in [0.25, 0.3) is 0 Å². The number of alkyl carbamates (subject to hydrolysis) is 1. The molecule has 0 unspecified atom stereocenters. The van der Waals surface area contributed by atoms with Gasteiger partial charge in [0, 0.05) is 81.3 Å². The number of anilines is 1. The van der Waals surface area contributed by atoms with Gasteiger partial charge in [-0.05, 0) is 74.6 Å². The second-order valence-corrected chi connectivity index (χ2v) is 24.4. The molecule has 1 saturated carbocycles. The van der Waals surface area contributed by atoms with Gasteiger partial charge in [-0.15, -0.1) is 11.3 Å². The fraction of sp³-hybridized carbons (Fsp3) is 0.629. The molecule has 2 aliphatic heterocycles. The van der Waals surface area contributed by atoms with Crippen LogP contribution in [0.2, 0.25) is 0 Å². The molecule has 0 saturated heterocycles. The Morgan fingerprint density at radius 1 is 0.691 bits per heavy atom. The average Bonchev–Trinajstić information content (AvgIpc) is 0.977. The molecule has 32 heteroatoms. The van der Waals surface area contributed by atoms with E-state index < -0.39 is 62.5 Å². The first kappa shape index (κ1) is 77.2. The highest BCUT2D eigenvalue weighted by molar-refractivity contribution is 7.85. The molecule has 0 atom stereocenters. The SMILES string of the molecule is CCCN(CCCNC(=O)OC1CCC1)C(=O)C1=Cc2sc(CN3Cc4ccc(NC(=O)CCN(C)CCOCCOCCOCCOCCOCCOCCOCCOCCOCCOCCC(=O)Oc5c(F)c(F)c(S(=O)(=O)O)c(F)c5F)cc4C3)cc2N=C(N)C1. The van der Waals surface area contributed by atoms with E-state index in [1.54, 1.807) is 11.3 Å². The number of carbonyl (C=O) groups excluding carboxylic acids is 4. The summed E-state index contributed by atoms with van der Waals surface area (Å²) in [5.41, 5.74) is 10.9. The number of ether oxygens (including phenoxy) is 12. The monoisotopic (exact) mass is 1380 g/mol. The number of fused-ring (bicyclic) bond motifs is 2. The topological polar surface area (TPSA) is 306 Å². The van der Waals surface area contributed by atoms with Crippen molar-refractivity contribution in [2.75, 3.05) is 177 Å². The Morgan fingerprint density at radius 2 is 1.22 bits per heavy atom. The number of esters is 1. The van der Waals surface area contributed by atoms with E-state index in [9.17, 15) is 45.2 Å². The molecule has 94 heavy (non-hydrogen) atoms. The third-order valence-electron chi connectivity index (χ3n) is 14.4. The van der Waals surface area contributed by atoms with Crippen molar-refractivity contribution in [2.24, 2.45) is 10.7 Å². The van der Waals surface area contributed by atoms with E-state index in [2.05, 4.69) is 43.4 Å². The molecule has 1 aliphatic carbocycles. The molecule has 26 nitrogen and oxygen atoms in total. The van der Waals surface area contributed by atoms with E-state index in [4.69, 9.17) is 67.4 Å². The van der Waals surface area contributed by atoms with Crippen LogP contribution in [0.1, 0.15) is 79.2 Å². The molecule has 526 valence electrons. The first-order valence-corrected chi connectivity index (χ1v) is 33.7. The second kappa shape index (κ2) is 42.7. The van der Waals surface area contributed by atoms with Crippen molar-refractivity contribution in [3.8, 4) is 5.75 Å². The van der Waals surface area contributed by atoms with Crippen molar-refractivity contribution in [3.05, 3.63) is 74.0 Å². The van der Waals surface area contributed by atoms with Gasteiger partial charge in [-0.25, -0.2) is 18.6 Å². The molecule has 0 bridgehead atoms. The van der Waals surface area contributed by atoms with Crippen molar-refractivity contribution in [3.63, 3.8) is 0 Å². The van der Waals surface area contributed by atoms with Crippen LogP contribution >= 0.6 is 11.3 Å². The minimum atomic E-state index is -5.65. The summed E-state index contributed by atoms with van der Waals surface area (Å²) >= 11 is 1.61. The van der Waals surface area contributed by atoms with Crippen molar-refractivity contribution in [1.29, 1.82) is 0 Å². The molecule has 3 aromatic rings. The van der Waals surface area contributed by atoms with E-state index in [-0.39, 0.29) is 57.4 Å². The Kier molecular flexibility index (Phi) is 35.0. The van der Waals surface area contributed by atoms with E-state index in [1.165, 1.54) is 11.1 Å². The van der Waals surface area contributed by atoms with Gasteiger partial charge in [0.05, 0.1) is 149 Å². The summed E-state index contributed by atoms with van der Waals surface area (Å²) in [6.07, 6.45) is 5.90. The number of aliphatic imine (C=N–C) groups is 1. The lowest BCUT2D eigenvalue weighted by Gasteiger charge is -2.25. The summed E-state index contributed by atoms with van der Waals surface area (Å²) in [5, 5.41) is 5.88. The van der Waals surface area contributed by atoms with Crippen LogP contribution in [0.3, 0.4) is 0 Å². The molecule has 6 rings (SSSR count). The zero-order valence-electron chi connectivity index (χ0n) is 53.4. The minimum Gasteiger partial charge on any atom is -0.446 e. The predicted octanol–water partition coefficient (Wildman–Crippen LogP) is 6.17. The van der Waals surface area contributed by atoms with Gasteiger partial charge in [0.15, 0.2) is 16.5 Å². The van der Waals surface area contributed by atoms with Crippen LogP contribution in [-0.2, 0) is 96.2 Å². The minimum absolute atomic E-state index is 0.0173. The summed E-state index contributed by atoms with van der Waals surface area (Å²) in [5.74, 6) is -12.4. The van der Waals surface area contributed by atoms with Crippen LogP contribution < -0.4 is 21.1 Å². The summed E-state index contributed by atoms with van der Waals surface area (Å²) in [6, 6.07) is 8.14. The molecule has 1 fully saturated rings. The molecule has 1 aromatic heterocycles. The summed E-state index contributed by atoms with van der Waals surface area (Å²) < 4.78 is 151. The third-order valence-corrected chi connectivity index (χ3v) is 16.4. The van der Waals surface area contributed by atoms with Gasteiger partial charge in [-0.1, -0.05) is 13.0 Å². The summed E-state index contributed by atoms with van der Waals surface area (Å²) in [7, 11) is -3.70. The average molecular weight is 1380 g/mol. The first-order valence-electron chi connectivity index (χ1n) is 31.4. The molecule has 5 N–H and O–H groups in total. The van der Waals surface area contributed by atoms with E-state index in [0.717, 1.165) is 59.9 Å². The fourth-order valence-electron chi connectivity index (χ4n) is 9.41. The number of nitrogens with one attached hydrogen (secondary N) is 2. The van der Waals surface area contributed by atoms with Crippen LogP contribution in [0, 0.1) is 23.3 Å². The number of hydrogen-bond acceptors (Lipinski definition) is 23. The first-order chi connectivity index (χ1) is 45.4. The van der Waals surface area contributed by atoms with Crippen molar-refractivity contribution < 1.29 is 107 Å². The molecular weight excluding hydrogens is 1290 g/mol. The number of nitrogens with zero attached hydrogens (tertiary/aromatic N) is 4. The van der Waals surface area contributed by atoms with Crippen molar-refractivity contribution >= 4 is 68.6 Å². The molecule has 0 radical (unpaired) electrons. The zero-order chi connectivity index (χ0) is 67.5. The fourth-order valence-corrected chi connectivity index (χ4v) is 11.2. The Hall–Kier alpha value is -5.82.